The number of nitrogens with one attached hydrogen (secondary N) is 1. The van der Waals surface area contributed by atoms with E-state index in [1.165, 1.54) is 11.3 Å². The van der Waals surface area contributed by atoms with Gasteiger partial charge in [0.15, 0.2) is 11.2 Å². The summed E-state index contributed by atoms with van der Waals surface area (Å²) in [5.74, 6) is 0.534. The maximum atomic E-state index is 11.5. The highest BCUT2D eigenvalue weighted by atomic mass is 32.1. The average Bonchev–Trinajstić information content (AvgIpc) is 2.77. The largest absolute Gasteiger partial charge is 0.479 e. The summed E-state index contributed by atoms with van der Waals surface area (Å²) in [5.41, 5.74) is 7.98. The molecule has 1 amide bonds. The van der Waals surface area contributed by atoms with Crippen molar-refractivity contribution < 1.29 is 9.53 Å². The van der Waals surface area contributed by atoms with Crippen LogP contribution in [-0.4, -0.2) is 17.0 Å². The third kappa shape index (κ3) is 1.80. The summed E-state index contributed by atoms with van der Waals surface area (Å²) in [7, 11) is 0. The molecule has 2 heterocycles. The molecule has 1 aromatic heterocycles. The molecule has 5 nitrogen and oxygen atoms in total. The number of hydrogen-bond donors (Lipinski definition) is 2. The van der Waals surface area contributed by atoms with Crippen LogP contribution in [0.2, 0.25) is 0 Å². The molecule has 0 saturated carbocycles. The molecule has 3 rings (SSSR count). The molecule has 0 unspecified atom stereocenters. The Bertz CT molecular complexity index is 624. The number of aromatic nitrogens is 1. The molecular formula is C12H11N3O2S. The normalized spacial score (nSPS) is 17.8. The minimum atomic E-state index is -0.460. The quantitative estimate of drug-likeness (QED) is 0.824. The second-order valence-electron chi connectivity index (χ2n) is 4.03. The Morgan fingerprint density at radius 2 is 2.33 bits per heavy atom. The van der Waals surface area contributed by atoms with E-state index in [4.69, 9.17) is 10.5 Å². The minimum absolute atomic E-state index is 0.141. The van der Waals surface area contributed by atoms with E-state index < -0.39 is 6.10 Å². The van der Waals surface area contributed by atoms with Crippen molar-refractivity contribution in [1.29, 1.82) is 0 Å². The van der Waals surface area contributed by atoms with E-state index in [2.05, 4.69) is 10.3 Å². The molecule has 0 saturated heterocycles. The van der Waals surface area contributed by atoms with Gasteiger partial charge in [0.05, 0.1) is 11.4 Å². The molecule has 0 radical (unpaired) electrons. The zero-order chi connectivity index (χ0) is 12.7. The SMILES string of the molecule is C[C@H]1Oc2ccc(-c3csc(N)n3)cc2NC1=O. The smallest absolute Gasteiger partial charge is 0.265 e. The number of rotatable bonds is 1. The molecule has 3 N–H and O–H groups in total. The Labute approximate surface area is 108 Å². The van der Waals surface area contributed by atoms with Gasteiger partial charge >= 0.3 is 0 Å². The number of nitrogens with zero attached hydrogens (tertiary/aromatic N) is 1. The minimum Gasteiger partial charge on any atom is -0.479 e. The van der Waals surface area contributed by atoms with Gasteiger partial charge < -0.3 is 15.8 Å². The van der Waals surface area contributed by atoms with Crippen LogP contribution in [-0.2, 0) is 4.79 Å². The summed E-state index contributed by atoms with van der Waals surface area (Å²) < 4.78 is 5.49. The third-order valence-corrected chi connectivity index (χ3v) is 3.40. The summed E-state index contributed by atoms with van der Waals surface area (Å²) in [5, 5.41) is 5.21. The van der Waals surface area contributed by atoms with E-state index in [0.717, 1.165) is 11.3 Å². The lowest BCUT2D eigenvalue weighted by atomic mass is 10.1. The number of thiazole rings is 1. The number of carbonyl (C=O) groups excluding carboxylic acids is 1. The number of ether oxygens (including phenoxy) is 1. The molecule has 92 valence electrons. The third-order valence-electron chi connectivity index (χ3n) is 2.73. The Hall–Kier alpha value is -2.08. The van der Waals surface area contributed by atoms with Crippen LogP contribution >= 0.6 is 11.3 Å². The number of anilines is 2. The highest BCUT2D eigenvalue weighted by Gasteiger charge is 2.23. The van der Waals surface area contributed by atoms with E-state index in [-0.39, 0.29) is 5.91 Å². The predicted molar refractivity (Wildman–Crippen MR) is 70.7 cm³/mol. The number of fused-ring (bicyclic) bond motifs is 1. The first-order valence-corrected chi connectivity index (χ1v) is 6.34. The first-order chi connectivity index (χ1) is 8.63. The first kappa shape index (κ1) is 11.0. The van der Waals surface area contributed by atoms with Crippen molar-refractivity contribution in [2.24, 2.45) is 0 Å². The van der Waals surface area contributed by atoms with Crippen molar-refractivity contribution in [2.75, 3.05) is 11.1 Å². The standard InChI is InChI=1S/C12H11N3O2S/c1-6-11(16)14-8-4-7(2-3-10(8)17-6)9-5-18-12(13)15-9/h2-6H,1H3,(H2,13,15)(H,14,16)/t6-/m1/s1. The van der Waals surface area contributed by atoms with Gasteiger partial charge in [0.1, 0.15) is 5.75 Å². The highest BCUT2D eigenvalue weighted by molar-refractivity contribution is 7.13. The summed E-state index contributed by atoms with van der Waals surface area (Å²) >= 11 is 1.39. The summed E-state index contributed by atoms with van der Waals surface area (Å²) in [4.78, 5) is 15.7. The molecule has 1 atom stereocenters. The van der Waals surface area contributed by atoms with Gasteiger partial charge in [-0.15, -0.1) is 11.3 Å². The Kier molecular flexibility index (Phi) is 2.45. The van der Waals surface area contributed by atoms with Crippen LogP contribution in [0.3, 0.4) is 0 Å². The molecule has 18 heavy (non-hydrogen) atoms. The fourth-order valence-electron chi connectivity index (χ4n) is 1.79. The molecule has 0 fully saturated rings. The Morgan fingerprint density at radius 1 is 1.50 bits per heavy atom. The molecule has 1 aromatic carbocycles. The van der Waals surface area contributed by atoms with Gasteiger partial charge in [-0.25, -0.2) is 4.98 Å². The van der Waals surface area contributed by atoms with Crippen LogP contribution in [0.4, 0.5) is 10.8 Å². The van der Waals surface area contributed by atoms with Crippen molar-refractivity contribution >= 4 is 28.1 Å². The number of benzene rings is 1. The molecule has 0 aliphatic carbocycles. The van der Waals surface area contributed by atoms with Crippen molar-refractivity contribution in [3.63, 3.8) is 0 Å². The van der Waals surface area contributed by atoms with Gasteiger partial charge in [-0.1, -0.05) is 0 Å². The maximum absolute atomic E-state index is 11.5. The van der Waals surface area contributed by atoms with E-state index in [0.29, 0.717) is 16.6 Å². The Morgan fingerprint density at radius 3 is 3.06 bits per heavy atom. The van der Waals surface area contributed by atoms with Crippen molar-refractivity contribution in [3.8, 4) is 17.0 Å². The van der Waals surface area contributed by atoms with Gasteiger partial charge in [0.25, 0.3) is 5.91 Å². The van der Waals surface area contributed by atoms with Crippen LogP contribution in [0.5, 0.6) is 5.75 Å². The summed E-state index contributed by atoms with van der Waals surface area (Å²) in [6.45, 7) is 1.72. The lowest BCUT2D eigenvalue weighted by Crippen LogP contribution is -2.34. The molecule has 2 aromatic rings. The van der Waals surface area contributed by atoms with Crippen molar-refractivity contribution in [2.45, 2.75) is 13.0 Å². The van der Waals surface area contributed by atoms with Crippen molar-refractivity contribution in [3.05, 3.63) is 23.6 Å². The number of nitrogens with two attached hydrogens (primary N) is 1. The molecule has 1 aliphatic rings. The molecular weight excluding hydrogens is 250 g/mol. The number of nitrogen functional groups attached to an aromatic ring is 1. The van der Waals surface area contributed by atoms with Gasteiger partial charge in [0.2, 0.25) is 0 Å². The fourth-order valence-corrected chi connectivity index (χ4v) is 2.36. The van der Waals surface area contributed by atoms with E-state index >= 15 is 0 Å². The monoisotopic (exact) mass is 261 g/mol. The molecule has 0 bridgehead atoms. The van der Waals surface area contributed by atoms with E-state index in [1.54, 1.807) is 6.92 Å². The van der Waals surface area contributed by atoms with Crippen LogP contribution in [0.1, 0.15) is 6.92 Å². The van der Waals surface area contributed by atoms with E-state index in [9.17, 15) is 4.79 Å². The fraction of sp³-hybridized carbons (Fsp3) is 0.167. The van der Waals surface area contributed by atoms with Crippen LogP contribution in [0, 0.1) is 0 Å². The van der Waals surface area contributed by atoms with Gasteiger partial charge in [-0.05, 0) is 25.1 Å². The summed E-state index contributed by atoms with van der Waals surface area (Å²) in [6.07, 6.45) is -0.460. The van der Waals surface area contributed by atoms with Gasteiger partial charge in [-0.3, -0.25) is 4.79 Å². The summed E-state index contributed by atoms with van der Waals surface area (Å²) in [6, 6.07) is 5.57. The first-order valence-electron chi connectivity index (χ1n) is 5.46. The molecule has 6 heteroatoms. The maximum Gasteiger partial charge on any atom is 0.265 e. The lowest BCUT2D eigenvalue weighted by Gasteiger charge is -2.23. The van der Waals surface area contributed by atoms with Gasteiger partial charge in [0, 0.05) is 10.9 Å². The Balaban J connectivity index is 2.01. The number of hydrogen-bond acceptors (Lipinski definition) is 5. The molecule has 1 aliphatic heterocycles. The topological polar surface area (TPSA) is 77.2 Å². The van der Waals surface area contributed by atoms with E-state index in [1.807, 2.05) is 23.6 Å². The average molecular weight is 261 g/mol. The zero-order valence-corrected chi connectivity index (χ0v) is 10.5. The lowest BCUT2D eigenvalue weighted by molar-refractivity contribution is -0.122. The second-order valence-corrected chi connectivity index (χ2v) is 4.92. The number of carbonyl (C=O) groups is 1. The number of amides is 1. The van der Waals surface area contributed by atoms with Crippen LogP contribution < -0.4 is 15.8 Å². The molecule has 0 spiro atoms. The van der Waals surface area contributed by atoms with Gasteiger partial charge in [-0.2, -0.15) is 0 Å². The zero-order valence-electron chi connectivity index (χ0n) is 9.64. The second kappa shape index (κ2) is 3.99. The van der Waals surface area contributed by atoms with Crippen molar-refractivity contribution in [1.82, 2.24) is 4.98 Å². The predicted octanol–water partition coefficient (Wildman–Crippen LogP) is 2.11. The van der Waals surface area contributed by atoms with Crippen LogP contribution in [0.15, 0.2) is 23.6 Å². The van der Waals surface area contributed by atoms with Crippen LogP contribution in [0.25, 0.3) is 11.3 Å². The highest BCUT2D eigenvalue weighted by Crippen LogP contribution is 2.34.